The summed E-state index contributed by atoms with van der Waals surface area (Å²) in [5.41, 5.74) is 0.639. The average Bonchev–Trinajstić information content (AvgIpc) is 2.49. The van der Waals surface area contributed by atoms with Gasteiger partial charge in [0.25, 0.3) is 0 Å². The Hall–Kier alpha value is -2.87. The molecular weight excluding hydrogens is 259 g/mol. The van der Waals surface area contributed by atoms with Crippen molar-refractivity contribution >= 4 is 23.5 Å². The van der Waals surface area contributed by atoms with Crippen molar-refractivity contribution in [3.8, 4) is 0 Å². The Labute approximate surface area is 114 Å². The number of rotatable bonds is 4. The van der Waals surface area contributed by atoms with Gasteiger partial charge in [0.15, 0.2) is 6.17 Å². The van der Waals surface area contributed by atoms with Gasteiger partial charge in [-0.3, -0.25) is 0 Å². The number of isocyanates is 2. The molecule has 0 aliphatic rings. The van der Waals surface area contributed by atoms with Crippen LogP contribution in [0.15, 0.2) is 58.5 Å². The van der Waals surface area contributed by atoms with Gasteiger partial charge in [-0.25, -0.2) is 14.0 Å². The summed E-state index contributed by atoms with van der Waals surface area (Å²) < 4.78 is 14.5. The Balaban J connectivity index is 2.59. The zero-order chi connectivity index (χ0) is 14.4. The highest BCUT2D eigenvalue weighted by atomic mass is 19.1. The molecule has 20 heavy (non-hydrogen) atoms. The van der Waals surface area contributed by atoms with E-state index in [1.807, 2.05) is 0 Å². The molecule has 5 heteroatoms. The SMILES string of the molecule is O=C=Nc1cccc(C(F)c2ccccc2)c1N=C=O. The van der Waals surface area contributed by atoms with Crippen molar-refractivity contribution in [2.75, 3.05) is 0 Å². The number of para-hydroxylation sites is 1. The Morgan fingerprint density at radius 2 is 1.60 bits per heavy atom. The molecule has 0 bridgehead atoms. The predicted octanol–water partition coefficient (Wildman–Crippen LogP) is 3.68. The number of benzene rings is 2. The lowest BCUT2D eigenvalue weighted by molar-refractivity contribution is 0.403. The number of hydrogen-bond donors (Lipinski definition) is 0. The minimum absolute atomic E-state index is 0.0118. The Morgan fingerprint density at radius 1 is 0.900 bits per heavy atom. The van der Waals surface area contributed by atoms with Gasteiger partial charge in [-0.2, -0.15) is 9.98 Å². The molecule has 0 fully saturated rings. The molecule has 0 aromatic heterocycles. The summed E-state index contributed by atoms with van der Waals surface area (Å²) >= 11 is 0. The molecule has 0 heterocycles. The van der Waals surface area contributed by atoms with Crippen LogP contribution in [0.25, 0.3) is 0 Å². The maximum absolute atomic E-state index is 14.5. The van der Waals surface area contributed by atoms with Gasteiger partial charge < -0.3 is 0 Å². The van der Waals surface area contributed by atoms with Crippen molar-refractivity contribution in [1.29, 1.82) is 0 Å². The van der Waals surface area contributed by atoms with Crippen molar-refractivity contribution in [1.82, 2.24) is 0 Å². The zero-order valence-electron chi connectivity index (χ0n) is 10.3. The van der Waals surface area contributed by atoms with Gasteiger partial charge in [0.1, 0.15) is 11.4 Å². The number of carbonyl (C=O) groups excluding carboxylic acids is 2. The van der Waals surface area contributed by atoms with Crippen LogP contribution in [-0.4, -0.2) is 12.2 Å². The summed E-state index contributed by atoms with van der Waals surface area (Å²) in [7, 11) is 0. The second kappa shape index (κ2) is 6.34. The maximum Gasteiger partial charge on any atom is 0.240 e. The summed E-state index contributed by atoms with van der Waals surface area (Å²) in [6.07, 6.45) is 1.22. The van der Waals surface area contributed by atoms with Gasteiger partial charge in [-0.1, -0.05) is 42.5 Å². The molecule has 4 nitrogen and oxygen atoms in total. The molecule has 0 N–H and O–H groups in total. The third-order valence-electron chi connectivity index (χ3n) is 2.73. The second-order valence-corrected chi connectivity index (χ2v) is 3.89. The van der Waals surface area contributed by atoms with Crippen molar-refractivity contribution in [2.45, 2.75) is 6.17 Å². The summed E-state index contributed by atoms with van der Waals surface area (Å²) in [6, 6.07) is 12.9. The van der Waals surface area contributed by atoms with Crippen LogP contribution >= 0.6 is 0 Å². The first kappa shape index (κ1) is 13.6. The first-order valence-electron chi connectivity index (χ1n) is 5.75. The smallest absolute Gasteiger partial charge is 0.237 e. The molecule has 0 spiro atoms. The molecule has 0 radical (unpaired) electrons. The van der Waals surface area contributed by atoms with Gasteiger partial charge in [-0.05, 0) is 11.6 Å². The Bertz CT molecular complexity index is 703. The third-order valence-corrected chi connectivity index (χ3v) is 2.73. The highest BCUT2D eigenvalue weighted by molar-refractivity contribution is 5.72. The van der Waals surface area contributed by atoms with E-state index in [1.54, 1.807) is 30.3 Å². The normalized spacial score (nSPS) is 11.1. The van der Waals surface area contributed by atoms with Crippen LogP contribution < -0.4 is 0 Å². The molecule has 0 aliphatic carbocycles. The number of halogens is 1. The molecular formula is C15H9FN2O2. The zero-order valence-corrected chi connectivity index (χ0v) is 10.3. The van der Waals surface area contributed by atoms with E-state index < -0.39 is 6.17 Å². The molecule has 2 aromatic rings. The summed E-state index contributed by atoms with van der Waals surface area (Å²) in [5.74, 6) is 0. The van der Waals surface area contributed by atoms with Gasteiger partial charge >= 0.3 is 0 Å². The van der Waals surface area contributed by atoms with E-state index in [0.29, 0.717) is 5.56 Å². The Morgan fingerprint density at radius 3 is 2.25 bits per heavy atom. The summed E-state index contributed by atoms with van der Waals surface area (Å²) in [5, 5.41) is 0. The highest BCUT2D eigenvalue weighted by Gasteiger charge is 2.18. The number of hydrogen-bond acceptors (Lipinski definition) is 4. The number of alkyl halides is 1. The molecule has 98 valence electrons. The van der Waals surface area contributed by atoms with Crippen LogP contribution in [0, 0.1) is 0 Å². The van der Waals surface area contributed by atoms with Crippen molar-refractivity contribution < 1.29 is 14.0 Å². The fourth-order valence-corrected chi connectivity index (χ4v) is 1.86. The largest absolute Gasteiger partial charge is 0.240 e. The lowest BCUT2D eigenvalue weighted by Gasteiger charge is -2.11. The molecule has 0 aliphatic heterocycles. The monoisotopic (exact) mass is 268 g/mol. The number of aliphatic imine (C=N–C) groups is 2. The topological polar surface area (TPSA) is 58.9 Å². The Kier molecular flexibility index (Phi) is 4.30. The van der Waals surface area contributed by atoms with Crippen LogP contribution in [0.1, 0.15) is 17.3 Å². The van der Waals surface area contributed by atoms with Gasteiger partial charge in [0.2, 0.25) is 12.2 Å². The fraction of sp³-hybridized carbons (Fsp3) is 0.0667. The minimum Gasteiger partial charge on any atom is -0.237 e. The predicted molar refractivity (Wildman–Crippen MR) is 71.4 cm³/mol. The lowest BCUT2D eigenvalue weighted by atomic mass is 10.0. The molecule has 2 aromatic carbocycles. The van der Waals surface area contributed by atoms with Gasteiger partial charge in [0.05, 0.1) is 0 Å². The quantitative estimate of drug-likeness (QED) is 0.627. The van der Waals surface area contributed by atoms with E-state index in [1.165, 1.54) is 30.4 Å². The highest BCUT2D eigenvalue weighted by Crippen LogP contribution is 2.38. The third kappa shape index (κ3) is 2.75. The summed E-state index contributed by atoms with van der Waals surface area (Å²) in [4.78, 5) is 27.7. The van der Waals surface area contributed by atoms with Gasteiger partial charge in [-0.15, -0.1) is 0 Å². The molecule has 1 unspecified atom stereocenters. The van der Waals surface area contributed by atoms with Crippen LogP contribution in [0.2, 0.25) is 0 Å². The molecule has 0 amide bonds. The van der Waals surface area contributed by atoms with E-state index >= 15 is 0 Å². The van der Waals surface area contributed by atoms with Crippen molar-refractivity contribution in [3.05, 3.63) is 59.7 Å². The van der Waals surface area contributed by atoms with E-state index in [4.69, 9.17) is 0 Å². The molecule has 2 rings (SSSR count). The van der Waals surface area contributed by atoms with Crippen LogP contribution in [-0.2, 0) is 9.59 Å². The lowest BCUT2D eigenvalue weighted by Crippen LogP contribution is -1.94. The van der Waals surface area contributed by atoms with Crippen LogP contribution in [0.5, 0.6) is 0 Å². The van der Waals surface area contributed by atoms with E-state index in [-0.39, 0.29) is 16.9 Å². The maximum atomic E-state index is 14.5. The van der Waals surface area contributed by atoms with Gasteiger partial charge in [0, 0.05) is 5.56 Å². The van der Waals surface area contributed by atoms with Crippen molar-refractivity contribution in [3.63, 3.8) is 0 Å². The first-order chi connectivity index (χ1) is 9.77. The minimum atomic E-state index is -1.48. The second-order valence-electron chi connectivity index (χ2n) is 3.89. The molecule has 0 saturated heterocycles. The van der Waals surface area contributed by atoms with Crippen LogP contribution in [0.3, 0.4) is 0 Å². The van der Waals surface area contributed by atoms with E-state index in [9.17, 15) is 14.0 Å². The molecule has 1 atom stereocenters. The van der Waals surface area contributed by atoms with E-state index in [0.717, 1.165) is 0 Å². The van der Waals surface area contributed by atoms with Crippen molar-refractivity contribution in [2.24, 2.45) is 9.98 Å². The standard InChI is InChI=1S/C15H9FN2O2/c16-14(11-5-2-1-3-6-11)12-7-4-8-13(17-9-19)15(12)18-10-20/h1-8,14H. The summed E-state index contributed by atoms with van der Waals surface area (Å²) in [6.45, 7) is 0. The van der Waals surface area contributed by atoms with Crippen LogP contribution in [0.4, 0.5) is 15.8 Å². The fourth-order valence-electron chi connectivity index (χ4n) is 1.86. The number of nitrogens with zero attached hydrogens (tertiary/aromatic N) is 2. The van der Waals surface area contributed by atoms with E-state index in [2.05, 4.69) is 9.98 Å². The first-order valence-corrected chi connectivity index (χ1v) is 5.75. The molecule has 0 saturated carbocycles. The average molecular weight is 268 g/mol.